The van der Waals surface area contributed by atoms with Crippen molar-refractivity contribution in [3.05, 3.63) is 65.7 Å². The Morgan fingerprint density at radius 3 is 2.23 bits per heavy atom. The topological polar surface area (TPSA) is 86.8 Å². The number of hydrogen-bond donors (Lipinski definition) is 1. The Balaban J connectivity index is 2.18. The molecule has 0 heterocycles. The van der Waals surface area contributed by atoms with Gasteiger partial charge in [-0.05, 0) is 44.9 Å². The van der Waals surface area contributed by atoms with Crippen molar-refractivity contribution in [2.24, 2.45) is 0 Å². The maximum absolute atomic E-state index is 13.1. The van der Waals surface area contributed by atoms with Crippen molar-refractivity contribution in [2.75, 3.05) is 26.7 Å². The monoisotopic (exact) mass is 445 g/mol. The molecule has 7 nitrogen and oxygen atoms in total. The van der Waals surface area contributed by atoms with Gasteiger partial charge in [-0.25, -0.2) is 8.42 Å². The molecule has 1 N–H and O–H groups in total. The van der Waals surface area contributed by atoms with E-state index < -0.39 is 22.0 Å². The van der Waals surface area contributed by atoms with Crippen LogP contribution >= 0.6 is 0 Å². The zero-order valence-electron chi connectivity index (χ0n) is 18.5. The second-order valence-corrected chi connectivity index (χ2v) is 9.51. The molecule has 0 aromatic heterocycles. The molecule has 0 bridgehead atoms. The molecule has 0 fully saturated rings. The van der Waals surface area contributed by atoms with Crippen LogP contribution in [0.2, 0.25) is 0 Å². The van der Waals surface area contributed by atoms with E-state index in [1.54, 1.807) is 19.1 Å². The number of hydrogen-bond acceptors (Lipinski definition) is 4. The second kappa shape index (κ2) is 11.1. The van der Waals surface area contributed by atoms with E-state index in [1.807, 2.05) is 44.2 Å². The number of carbonyl (C=O) groups excluding carboxylic acids is 2. The first kappa shape index (κ1) is 24.6. The van der Waals surface area contributed by atoms with Gasteiger partial charge in [0, 0.05) is 20.1 Å². The summed E-state index contributed by atoms with van der Waals surface area (Å²) in [5, 5.41) is 2.73. The van der Waals surface area contributed by atoms with E-state index in [1.165, 1.54) is 24.1 Å². The van der Waals surface area contributed by atoms with Crippen LogP contribution < -0.4 is 5.32 Å². The zero-order valence-corrected chi connectivity index (χ0v) is 19.4. The molecule has 0 unspecified atom stereocenters. The first-order chi connectivity index (χ1) is 14.7. The molecule has 0 aliphatic carbocycles. The number of aryl methyl sites for hydroxylation is 1. The van der Waals surface area contributed by atoms with Crippen LogP contribution in [0.25, 0.3) is 0 Å². The molecular weight excluding hydrogens is 414 g/mol. The van der Waals surface area contributed by atoms with Crippen molar-refractivity contribution in [1.82, 2.24) is 14.5 Å². The van der Waals surface area contributed by atoms with Crippen molar-refractivity contribution in [3.8, 4) is 0 Å². The van der Waals surface area contributed by atoms with Gasteiger partial charge in [0.2, 0.25) is 21.8 Å². The number of carbonyl (C=O) groups is 2. The van der Waals surface area contributed by atoms with Crippen LogP contribution in [0, 0.1) is 6.92 Å². The molecule has 0 radical (unpaired) electrons. The van der Waals surface area contributed by atoms with E-state index in [-0.39, 0.29) is 17.3 Å². The summed E-state index contributed by atoms with van der Waals surface area (Å²) in [6.45, 7) is 5.74. The van der Waals surface area contributed by atoms with E-state index in [4.69, 9.17) is 0 Å². The lowest BCUT2D eigenvalue weighted by molar-refractivity contribution is -0.139. The molecule has 2 amide bonds. The lowest BCUT2D eigenvalue weighted by Gasteiger charge is -2.30. The Labute approximate surface area is 185 Å². The van der Waals surface area contributed by atoms with Crippen LogP contribution in [0.4, 0.5) is 0 Å². The van der Waals surface area contributed by atoms with Gasteiger partial charge in [-0.3, -0.25) is 9.59 Å². The minimum absolute atomic E-state index is 0.126. The number of amides is 2. The van der Waals surface area contributed by atoms with E-state index in [0.29, 0.717) is 19.5 Å². The number of nitrogens with zero attached hydrogens (tertiary/aromatic N) is 2. The van der Waals surface area contributed by atoms with Crippen LogP contribution in [-0.4, -0.2) is 62.2 Å². The fourth-order valence-corrected chi connectivity index (χ4v) is 4.27. The Bertz CT molecular complexity index is 976. The van der Waals surface area contributed by atoms with Gasteiger partial charge < -0.3 is 10.2 Å². The largest absolute Gasteiger partial charge is 0.355 e. The third-order valence-corrected chi connectivity index (χ3v) is 6.91. The number of sulfonamides is 1. The summed E-state index contributed by atoms with van der Waals surface area (Å²) in [6.07, 6.45) is 0.560. The van der Waals surface area contributed by atoms with Crippen LogP contribution in [0.15, 0.2) is 59.5 Å². The van der Waals surface area contributed by atoms with E-state index >= 15 is 0 Å². The fourth-order valence-electron chi connectivity index (χ4n) is 3.15. The molecule has 0 saturated carbocycles. The third kappa shape index (κ3) is 6.63. The minimum Gasteiger partial charge on any atom is -0.355 e. The first-order valence-electron chi connectivity index (χ1n) is 10.3. The summed E-state index contributed by atoms with van der Waals surface area (Å²) in [4.78, 5) is 27.1. The van der Waals surface area contributed by atoms with Gasteiger partial charge >= 0.3 is 0 Å². The summed E-state index contributed by atoms with van der Waals surface area (Å²) in [5.41, 5.74) is 1.98. The number of likely N-dealkylation sites (N-methyl/N-ethyl adjacent to an activating group) is 2. The van der Waals surface area contributed by atoms with E-state index in [9.17, 15) is 18.0 Å². The molecule has 8 heteroatoms. The van der Waals surface area contributed by atoms with Crippen molar-refractivity contribution in [1.29, 1.82) is 0 Å². The van der Waals surface area contributed by atoms with Crippen molar-refractivity contribution < 1.29 is 18.0 Å². The Hall–Kier alpha value is -2.71. The van der Waals surface area contributed by atoms with Crippen LogP contribution in [-0.2, 0) is 26.0 Å². The van der Waals surface area contributed by atoms with Gasteiger partial charge in [-0.2, -0.15) is 4.31 Å². The summed E-state index contributed by atoms with van der Waals surface area (Å²) < 4.78 is 26.8. The summed E-state index contributed by atoms with van der Waals surface area (Å²) in [5.74, 6) is -0.694. The van der Waals surface area contributed by atoms with Crippen LogP contribution in [0.5, 0.6) is 0 Å². The lowest BCUT2D eigenvalue weighted by atomic mass is 10.1. The molecule has 2 aromatic carbocycles. The van der Waals surface area contributed by atoms with Gasteiger partial charge in [-0.15, -0.1) is 0 Å². The lowest BCUT2D eigenvalue weighted by Crippen LogP contribution is -2.51. The average molecular weight is 446 g/mol. The summed E-state index contributed by atoms with van der Waals surface area (Å²) in [7, 11) is -2.45. The van der Waals surface area contributed by atoms with Gasteiger partial charge in [0.1, 0.15) is 6.04 Å². The van der Waals surface area contributed by atoms with Gasteiger partial charge in [0.25, 0.3) is 0 Å². The molecule has 31 heavy (non-hydrogen) atoms. The van der Waals surface area contributed by atoms with Crippen molar-refractivity contribution in [2.45, 2.75) is 38.1 Å². The van der Waals surface area contributed by atoms with Crippen LogP contribution in [0.3, 0.4) is 0 Å². The number of benzene rings is 2. The Kier molecular flexibility index (Phi) is 8.76. The SMILES string of the molecule is CCNC(=O)[C@@H](C)N(CCc1ccccc1)C(=O)CN(C)S(=O)(=O)c1ccc(C)cc1. The number of rotatable bonds is 10. The molecule has 0 aliphatic rings. The predicted molar refractivity (Wildman–Crippen MR) is 121 cm³/mol. The standard InChI is InChI=1S/C23H31N3O4S/c1-5-24-23(28)19(3)26(16-15-20-9-7-6-8-10-20)22(27)17-25(4)31(29,30)21-13-11-18(2)12-14-21/h6-14,19H,5,15-17H2,1-4H3,(H,24,28)/t19-/m1/s1. The van der Waals surface area contributed by atoms with Crippen LogP contribution in [0.1, 0.15) is 25.0 Å². The first-order valence-corrected chi connectivity index (χ1v) is 11.7. The predicted octanol–water partition coefficient (Wildman–Crippen LogP) is 2.21. The van der Waals surface area contributed by atoms with Crippen molar-refractivity contribution in [3.63, 3.8) is 0 Å². The summed E-state index contributed by atoms with van der Waals surface area (Å²) >= 11 is 0. The average Bonchev–Trinajstić information content (AvgIpc) is 2.74. The van der Waals surface area contributed by atoms with Gasteiger partial charge in [0.05, 0.1) is 11.4 Å². The molecule has 1 atom stereocenters. The molecular formula is C23H31N3O4S. The highest BCUT2D eigenvalue weighted by molar-refractivity contribution is 7.89. The van der Waals surface area contributed by atoms with E-state index in [0.717, 1.165) is 15.4 Å². The highest BCUT2D eigenvalue weighted by Crippen LogP contribution is 2.16. The summed E-state index contributed by atoms with van der Waals surface area (Å²) in [6, 6.07) is 15.4. The molecule has 2 aromatic rings. The minimum atomic E-state index is -3.82. The molecule has 2 rings (SSSR count). The highest BCUT2D eigenvalue weighted by atomic mass is 32.2. The Morgan fingerprint density at radius 1 is 1.03 bits per heavy atom. The van der Waals surface area contributed by atoms with Gasteiger partial charge in [-0.1, -0.05) is 48.0 Å². The Morgan fingerprint density at radius 2 is 1.65 bits per heavy atom. The maximum atomic E-state index is 13.1. The molecule has 0 saturated heterocycles. The second-order valence-electron chi connectivity index (χ2n) is 7.47. The normalized spacial score (nSPS) is 12.4. The zero-order chi connectivity index (χ0) is 23.0. The number of nitrogens with one attached hydrogen (secondary N) is 1. The quantitative estimate of drug-likeness (QED) is 0.608. The molecule has 0 aliphatic heterocycles. The van der Waals surface area contributed by atoms with E-state index in [2.05, 4.69) is 5.32 Å². The fraction of sp³-hybridized carbons (Fsp3) is 0.391. The smallest absolute Gasteiger partial charge is 0.243 e. The maximum Gasteiger partial charge on any atom is 0.243 e. The molecule has 168 valence electrons. The third-order valence-electron chi connectivity index (χ3n) is 5.09. The molecule has 0 spiro atoms. The van der Waals surface area contributed by atoms with Crippen molar-refractivity contribution >= 4 is 21.8 Å². The highest BCUT2D eigenvalue weighted by Gasteiger charge is 2.29. The van der Waals surface area contributed by atoms with Gasteiger partial charge in [0.15, 0.2) is 0 Å².